The number of ether oxygens (including phenoxy) is 2. The Labute approximate surface area is 381 Å². The van der Waals surface area contributed by atoms with E-state index in [-0.39, 0.29) is 12.5 Å². The molecule has 0 aromatic heterocycles. The molecule has 0 bridgehead atoms. The standard InChI is InChI=1S/C53H101NO8/c1-3-5-7-9-11-13-15-17-18-19-20-21-22-23-24-25-26-27-28-29-30-31-33-35-37-39-41-43-49(57)54-46(45-61-53-52(60)51(59)50(58)48(44-55)62-53)47(56)42-40-38-36-34-32-16-14-12-10-8-6-4-2/h15,17,19-20,46-48,50-53,55-56,58-60H,3-14,16,18,21-45H2,1-2H3,(H,54,57)/b17-15-,20-19-. The maximum Gasteiger partial charge on any atom is 0.220 e. The normalized spacial score (nSPS) is 20.4. The molecule has 1 saturated heterocycles. The number of unbranched alkanes of at least 4 members (excludes halogenated alkanes) is 31. The van der Waals surface area contributed by atoms with E-state index in [1.165, 1.54) is 180 Å². The minimum Gasteiger partial charge on any atom is -0.394 e. The van der Waals surface area contributed by atoms with E-state index in [0.29, 0.717) is 12.8 Å². The molecule has 1 aliphatic heterocycles. The highest BCUT2D eigenvalue weighted by Gasteiger charge is 2.44. The van der Waals surface area contributed by atoms with Gasteiger partial charge in [-0.25, -0.2) is 0 Å². The zero-order valence-corrected chi connectivity index (χ0v) is 40.4. The van der Waals surface area contributed by atoms with E-state index in [1.54, 1.807) is 0 Å². The molecule has 9 heteroatoms. The van der Waals surface area contributed by atoms with Crippen molar-refractivity contribution in [2.24, 2.45) is 0 Å². The van der Waals surface area contributed by atoms with E-state index in [4.69, 9.17) is 9.47 Å². The van der Waals surface area contributed by atoms with Gasteiger partial charge in [-0.15, -0.1) is 0 Å². The van der Waals surface area contributed by atoms with Gasteiger partial charge in [0.15, 0.2) is 6.29 Å². The molecule has 1 rings (SSSR count). The molecule has 62 heavy (non-hydrogen) atoms. The van der Waals surface area contributed by atoms with Gasteiger partial charge in [-0.05, 0) is 44.9 Å². The third-order valence-electron chi connectivity index (χ3n) is 12.8. The van der Waals surface area contributed by atoms with Crippen LogP contribution in [-0.4, -0.2) is 87.5 Å². The van der Waals surface area contributed by atoms with Gasteiger partial charge in [-0.1, -0.05) is 224 Å². The summed E-state index contributed by atoms with van der Waals surface area (Å²) in [6.45, 7) is 3.83. The zero-order chi connectivity index (χ0) is 45.1. The molecular formula is C53H101NO8. The predicted molar refractivity (Wildman–Crippen MR) is 258 cm³/mol. The largest absolute Gasteiger partial charge is 0.394 e. The lowest BCUT2D eigenvalue weighted by Crippen LogP contribution is -2.60. The molecule has 9 nitrogen and oxygen atoms in total. The molecule has 0 aromatic carbocycles. The van der Waals surface area contributed by atoms with Crippen LogP contribution < -0.4 is 5.32 Å². The van der Waals surface area contributed by atoms with E-state index in [9.17, 15) is 30.3 Å². The first kappa shape index (κ1) is 58.7. The Morgan fingerprint density at radius 1 is 0.548 bits per heavy atom. The van der Waals surface area contributed by atoms with Gasteiger partial charge in [0.25, 0.3) is 0 Å². The third-order valence-corrected chi connectivity index (χ3v) is 12.8. The highest BCUT2D eigenvalue weighted by molar-refractivity contribution is 5.76. The summed E-state index contributed by atoms with van der Waals surface area (Å²) < 4.78 is 11.3. The summed E-state index contributed by atoms with van der Waals surface area (Å²) in [7, 11) is 0. The molecular weight excluding hydrogens is 779 g/mol. The number of rotatable bonds is 45. The molecule has 1 heterocycles. The van der Waals surface area contributed by atoms with Gasteiger partial charge in [-0.3, -0.25) is 4.79 Å². The monoisotopic (exact) mass is 880 g/mol. The molecule has 0 saturated carbocycles. The molecule has 1 aliphatic rings. The Hall–Kier alpha value is -1.33. The number of aliphatic hydroxyl groups excluding tert-OH is 5. The van der Waals surface area contributed by atoms with Crippen molar-refractivity contribution in [3.05, 3.63) is 24.3 Å². The Bertz CT molecular complexity index is 1020. The minimum atomic E-state index is -1.55. The second-order valence-electron chi connectivity index (χ2n) is 18.7. The number of aliphatic hydroxyl groups is 5. The summed E-state index contributed by atoms with van der Waals surface area (Å²) in [6, 6.07) is -0.715. The van der Waals surface area contributed by atoms with Gasteiger partial charge >= 0.3 is 0 Å². The van der Waals surface area contributed by atoms with E-state index < -0.39 is 49.5 Å². The molecule has 6 N–H and O–H groups in total. The maximum absolute atomic E-state index is 13.0. The Balaban J connectivity index is 2.17. The molecule has 0 spiro atoms. The molecule has 1 fully saturated rings. The van der Waals surface area contributed by atoms with E-state index in [0.717, 1.165) is 44.9 Å². The van der Waals surface area contributed by atoms with Crippen molar-refractivity contribution < 1.29 is 39.8 Å². The molecule has 0 aromatic rings. The number of allylic oxidation sites excluding steroid dienone is 4. The number of carbonyl (C=O) groups excluding carboxylic acids is 1. The zero-order valence-electron chi connectivity index (χ0n) is 40.4. The lowest BCUT2D eigenvalue weighted by Gasteiger charge is -2.40. The number of hydrogen-bond acceptors (Lipinski definition) is 8. The second-order valence-corrected chi connectivity index (χ2v) is 18.7. The van der Waals surface area contributed by atoms with Gasteiger partial charge in [0.2, 0.25) is 5.91 Å². The molecule has 0 radical (unpaired) electrons. The van der Waals surface area contributed by atoms with Crippen LogP contribution in [0.1, 0.15) is 251 Å². The average Bonchev–Trinajstić information content (AvgIpc) is 3.27. The van der Waals surface area contributed by atoms with Crippen molar-refractivity contribution in [2.45, 2.75) is 294 Å². The lowest BCUT2D eigenvalue weighted by molar-refractivity contribution is -0.302. The van der Waals surface area contributed by atoms with E-state index in [2.05, 4.69) is 43.5 Å². The molecule has 7 atom stereocenters. The van der Waals surface area contributed by atoms with Crippen LogP contribution in [0.5, 0.6) is 0 Å². The molecule has 7 unspecified atom stereocenters. The van der Waals surface area contributed by atoms with Crippen molar-refractivity contribution in [3.63, 3.8) is 0 Å². The summed E-state index contributed by atoms with van der Waals surface area (Å²) >= 11 is 0. The Kier molecular flexibility index (Phi) is 41.2. The highest BCUT2D eigenvalue weighted by atomic mass is 16.7. The van der Waals surface area contributed by atoms with Crippen LogP contribution in [0.3, 0.4) is 0 Å². The topological polar surface area (TPSA) is 149 Å². The second kappa shape index (κ2) is 43.6. The lowest BCUT2D eigenvalue weighted by atomic mass is 9.99. The van der Waals surface area contributed by atoms with Gasteiger partial charge in [-0.2, -0.15) is 0 Å². The summed E-state index contributed by atoms with van der Waals surface area (Å²) in [5.74, 6) is -0.143. The fourth-order valence-electron chi connectivity index (χ4n) is 8.55. The van der Waals surface area contributed by atoms with E-state index in [1.807, 2.05) is 0 Å². The summed E-state index contributed by atoms with van der Waals surface area (Å²) in [6.07, 6.45) is 46.3. The number of amides is 1. The van der Waals surface area contributed by atoms with Crippen LogP contribution in [0, 0.1) is 0 Å². The SMILES string of the molecule is CCCCCCC/C=C\C/C=C\CCCCCCCCCCCCCCCCCC(=O)NC(COC1OC(CO)C(O)C(O)C1O)C(O)CCCCCCCCCCCCCC. The van der Waals surface area contributed by atoms with Gasteiger partial charge < -0.3 is 40.3 Å². The number of carbonyl (C=O) groups is 1. The first-order valence-corrected chi connectivity index (χ1v) is 26.5. The minimum absolute atomic E-state index is 0.135. The van der Waals surface area contributed by atoms with Gasteiger partial charge in [0.05, 0.1) is 25.4 Å². The smallest absolute Gasteiger partial charge is 0.220 e. The molecule has 366 valence electrons. The van der Waals surface area contributed by atoms with Gasteiger partial charge in [0, 0.05) is 6.42 Å². The van der Waals surface area contributed by atoms with Crippen molar-refractivity contribution >= 4 is 5.91 Å². The quantitative estimate of drug-likeness (QED) is 0.0262. The van der Waals surface area contributed by atoms with Crippen molar-refractivity contribution in [1.29, 1.82) is 0 Å². The van der Waals surface area contributed by atoms with Crippen molar-refractivity contribution in [3.8, 4) is 0 Å². The Morgan fingerprint density at radius 3 is 1.39 bits per heavy atom. The predicted octanol–water partition coefficient (Wildman–Crippen LogP) is 12.2. The first-order valence-electron chi connectivity index (χ1n) is 26.5. The Morgan fingerprint density at radius 2 is 0.952 bits per heavy atom. The van der Waals surface area contributed by atoms with Crippen molar-refractivity contribution in [2.75, 3.05) is 13.2 Å². The first-order chi connectivity index (χ1) is 30.3. The van der Waals surface area contributed by atoms with Gasteiger partial charge in [0.1, 0.15) is 24.4 Å². The summed E-state index contributed by atoms with van der Waals surface area (Å²) in [5.41, 5.74) is 0. The maximum atomic E-state index is 13.0. The van der Waals surface area contributed by atoms with Crippen molar-refractivity contribution in [1.82, 2.24) is 5.32 Å². The highest BCUT2D eigenvalue weighted by Crippen LogP contribution is 2.23. The number of hydrogen-bond donors (Lipinski definition) is 6. The van der Waals surface area contributed by atoms with Crippen LogP contribution in [-0.2, 0) is 14.3 Å². The molecule has 0 aliphatic carbocycles. The summed E-state index contributed by atoms with van der Waals surface area (Å²) in [5, 5.41) is 54.4. The van der Waals surface area contributed by atoms with Crippen LogP contribution in [0.25, 0.3) is 0 Å². The third kappa shape index (κ3) is 33.2. The van der Waals surface area contributed by atoms with Crippen LogP contribution in [0.2, 0.25) is 0 Å². The fourth-order valence-corrected chi connectivity index (χ4v) is 8.55. The summed E-state index contributed by atoms with van der Waals surface area (Å²) in [4.78, 5) is 13.0. The fraction of sp³-hybridized carbons (Fsp3) is 0.906. The average molecular weight is 880 g/mol. The number of nitrogens with one attached hydrogen (secondary N) is 1. The van der Waals surface area contributed by atoms with E-state index >= 15 is 0 Å². The van der Waals surface area contributed by atoms with Crippen LogP contribution in [0.4, 0.5) is 0 Å². The van der Waals surface area contributed by atoms with Crippen LogP contribution in [0.15, 0.2) is 24.3 Å². The van der Waals surface area contributed by atoms with Crippen LogP contribution >= 0.6 is 0 Å². The molecule has 1 amide bonds.